The van der Waals surface area contributed by atoms with Crippen molar-refractivity contribution in [1.29, 1.82) is 0 Å². The Kier molecular flexibility index (Phi) is 5.10. The number of aromatic nitrogens is 1. The quantitative estimate of drug-likeness (QED) is 0.882. The van der Waals surface area contributed by atoms with Crippen LogP contribution in [0.4, 0.5) is 5.13 Å². The number of nitrogens with zero attached hydrogens (tertiary/aromatic N) is 1. The molecule has 0 radical (unpaired) electrons. The summed E-state index contributed by atoms with van der Waals surface area (Å²) in [5.41, 5.74) is 2.42. The molecular formula is C19H23N3O2S. The first-order chi connectivity index (χ1) is 12.3. The Morgan fingerprint density at radius 2 is 2.16 bits per heavy atom. The van der Waals surface area contributed by atoms with E-state index in [0.29, 0.717) is 24.1 Å². The van der Waals surface area contributed by atoms with Crippen LogP contribution in [0.2, 0.25) is 0 Å². The summed E-state index contributed by atoms with van der Waals surface area (Å²) in [7, 11) is 0. The molecule has 1 atom stereocenters. The van der Waals surface area contributed by atoms with Crippen molar-refractivity contribution in [3.05, 3.63) is 46.5 Å². The lowest BCUT2D eigenvalue weighted by Gasteiger charge is -2.25. The number of carbonyl (C=O) groups excluding carboxylic acids is 1. The van der Waals surface area contributed by atoms with Crippen molar-refractivity contribution in [2.75, 3.05) is 25.0 Å². The van der Waals surface area contributed by atoms with Gasteiger partial charge < -0.3 is 15.4 Å². The zero-order valence-electron chi connectivity index (χ0n) is 14.2. The van der Waals surface area contributed by atoms with E-state index in [1.165, 1.54) is 10.4 Å². The van der Waals surface area contributed by atoms with Gasteiger partial charge in [-0.1, -0.05) is 24.3 Å². The summed E-state index contributed by atoms with van der Waals surface area (Å²) in [5.74, 6) is 0.533. The molecule has 2 aliphatic heterocycles. The Labute approximate surface area is 151 Å². The van der Waals surface area contributed by atoms with E-state index in [0.717, 1.165) is 37.9 Å². The molecule has 132 valence electrons. The van der Waals surface area contributed by atoms with Crippen LogP contribution in [0, 0.1) is 0 Å². The van der Waals surface area contributed by atoms with Crippen molar-refractivity contribution in [2.45, 2.75) is 37.7 Å². The highest BCUT2D eigenvalue weighted by Crippen LogP contribution is 2.33. The lowest BCUT2D eigenvalue weighted by molar-refractivity contribution is -0.119. The maximum absolute atomic E-state index is 12.4. The van der Waals surface area contributed by atoms with Gasteiger partial charge in [-0.3, -0.25) is 4.79 Å². The Bertz CT molecular complexity index is 740. The van der Waals surface area contributed by atoms with Gasteiger partial charge in [-0.2, -0.15) is 0 Å². The molecule has 0 spiro atoms. The Balaban J connectivity index is 1.37. The van der Waals surface area contributed by atoms with E-state index in [1.54, 1.807) is 11.3 Å². The molecule has 3 heterocycles. The van der Waals surface area contributed by atoms with Crippen LogP contribution in [-0.2, 0) is 16.0 Å². The van der Waals surface area contributed by atoms with E-state index in [9.17, 15) is 4.79 Å². The second kappa shape index (κ2) is 7.64. The minimum absolute atomic E-state index is 0.0343. The molecule has 1 aromatic carbocycles. The van der Waals surface area contributed by atoms with Crippen molar-refractivity contribution >= 4 is 22.4 Å². The molecule has 2 aliphatic rings. The van der Waals surface area contributed by atoms with Crippen LogP contribution in [0.1, 0.15) is 47.3 Å². The first-order valence-corrected chi connectivity index (χ1v) is 9.77. The number of hydrogen-bond acceptors (Lipinski definition) is 5. The van der Waals surface area contributed by atoms with Crippen LogP contribution in [0.25, 0.3) is 0 Å². The zero-order valence-corrected chi connectivity index (χ0v) is 15.0. The van der Waals surface area contributed by atoms with Gasteiger partial charge in [-0.25, -0.2) is 4.98 Å². The van der Waals surface area contributed by atoms with Gasteiger partial charge in [0.25, 0.3) is 0 Å². The van der Waals surface area contributed by atoms with Crippen molar-refractivity contribution < 1.29 is 9.53 Å². The fourth-order valence-electron chi connectivity index (χ4n) is 3.62. The number of benzene rings is 1. The van der Waals surface area contributed by atoms with E-state index in [1.807, 2.05) is 18.3 Å². The summed E-state index contributed by atoms with van der Waals surface area (Å²) < 4.78 is 5.83. The maximum Gasteiger partial charge on any atom is 0.229 e. The van der Waals surface area contributed by atoms with Gasteiger partial charge in [0.15, 0.2) is 5.13 Å². The van der Waals surface area contributed by atoms with Crippen molar-refractivity contribution in [2.24, 2.45) is 0 Å². The van der Waals surface area contributed by atoms with Gasteiger partial charge >= 0.3 is 0 Å². The highest BCUT2D eigenvalue weighted by molar-refractivity contribution is 7.15. The molecule has 6 heteroatoms. The average Bonchev–Trinajstić information content (AvgIpc) is 3.11. The van der Waals surface area contributed by atoms with Crippen LogP contribution < -0.4 is 10.6 Å². The van der Waals surface area contributed by atoms with Crippen LogP contribution in [0.5, 0.6) is 0 Å². The molecule has 1 saturated heterocycles. The summed E-state index contributed by atoms with van der Waals surface area (Å²) in [6.45, 7) is 2.79. The topological polar surface area (TPSA) is 63.2 Å². The molecule has 25 heavy (non-hydrogen) atoms. The molecule has 2 aromatic rings. The van der Waals surface area contributed by atoms with Gasteiger partial charge in [0.05, 0.1) is 19.1 Å². The van der Waals surface area contributed by atoms with Crippen molar-refractivity contribution in [1.82, 2.24) is 10.3 Å². The van der Waals surface area contributed by atoms with Crippen molar-refractivity contribution in [3.8, 4) is 0 Å². The number of anilines is 1. The van der Waals surface area contributed by atoms with Crippen molar-refractivity contribution in [3.63, 3.8) is 0 Å². The maximum atomic E-state index is 12.4. The third kappa shape index (κ3) is 3.92. The molecule has 1 aromatic heterocycles. The standard InChI is InChI=1S/C19H23N3O2S/c23-18(11-16-15-4-2-1-3-13(15)7-10-24-16)22-19-21-12-17(25-19)14-5-8-20-9-6-14/h1-4,12,14,16,20H,5-11H2,(H,21,22,23). The van der Waals surface area contributed by atoms with E-state index in [4.69, 9.17) is 4.74 Å². The number of thiazole rings is 1. The minimum atomic E-state index is -0.159. The van der Waals surface area contributed by atoms with Gasteiger partial charge in [0.2, 0.25) is 5.91 Å². The molecule has 0 saturated carbocycles. The molecule has 0 aliphatic carbocycles. The molecular weight excluding hydrogens is 334 g/mol. The summed E-state index contributed by atoms with van der Waals surface area (Å²) in [6.07, 6.45) is 5.29. The average molecular weight is 357 g/mol. The van der Waals surface area contributed by atoms with Gasteiger partial charge in [0.1, 0.15) is 0 Å². The number of hydrogen-bond donors (Lipinski definition) is 2. The minimum Gasteiger partial charge on any atom is -0.373 e. The molecule has 1 unspecified atom stereocenters. The first-order valence-electron chi connectivity index (χ1n) is 8.95. The Hall–Kier alpha value is -1.76. The molecule has 1 fully saturated rings. The smallest absolute Gasteiger partial charge is 0.229 e. The molecule has 4 rings (SSSR count). The van der Waals surface area contributed by atoms with E-state index in [2.05, 4.69) is 27.8 Å². The molecule has 5 nitrogen and oxygen atoms in total. The van der Waals surface area contributed by atoms with Gasteiger partial charge in [-0.15, -0.1) is 11.3 Å². The lowest BCUT2D eigenvalue weighted by atomic mass is 9.96. The van der Waals surface area contributed by atoms with Gasteiger partial charge in [0, 0.05) is 11.1 Å². The van der Waals surface area contributed by atoms with E-state index >= 15 is 0 Å². The number of nitrogens with one attached hydrogen (secondary N) is 2. The predicted octanol–water partition coefficient (Wildman–Crippen LogP) is 3.25. The third-order valence-corrected chi connectivity index (χ3v) is 6.05. The lowest BCUT2D eigenvalue weighted by Crippen LogP contribution is -2.26. The fraction of sp³-hybridized carbons (Fsp3) is 0.474. The van der Waals surface area contributed by atoms with Crippen LogP contribution in [0.15, 0.2) is 30.5 Å². The highest BCUT2D eigenvalue weighted by atomic mass is 32.1. The molecule has 0 bridgehead atoms. The number of rotatable bonds is 4. The predicted molar refractivity (Wildman–Crippen MR) is 99.0 cm³/mol. The summed E-state index contributed by atoms with van der Waals surface area (Å²) >= 11 is 1.60. The second-order valence-corrected chi connectivity index (χ2v) is 7.71. The first kappa shape index (κ1) is 16.7. The zero-order chi connectivity index (χ0) is 17.1. The normalized spacial score (nSPS) is 20.9. The third-order valence-electron chi connectivity index (χ3n) is 4.97. The Morgan fingerprint density at radius 1 is 1.32 bits per heavy atom. The number of ether oxygens (including phenoxy) is 1. The number of piperidine rings is 1. The van der Waals surface area contributed by atoms with E-state index < -0.39 is 0 Å². The number of amides is 1. The Morgan fingerprint density at radius 3 is 3.04 bits per heavy atom. The largest absolute Gasteiger partial charge is 0.373 e. The number of fused-ring (bicyclic) bond motifs is 1. The summed E-state index contributed by atoms with van der Waals surface area (Å²) in [6, 6.07) is 8.23. The fourth-order valence-corrected chi connectivity index (χ4v) is 4.63. The van der Waals surface area contributed by atoms with Crippen LogP contribution in [0.3, 0.4) is 0 Å². The molecule has 2 N–H and O–H groups in total. The second-order valence-electron chi connectivity index (χ2n) is 6.65. The summed E-state index contributed by atoms with van der Waals surface area (Å²) in [4.78, 5) is 18.1. The summed E-state index contributed by atoms with van der Waals surface area (Å²) in [5, 5.41) is 7.03. The van der Waals surface area contributed by atoms with Crippen LogP contribution >= 0.6 is 11.3 Å². The van der Waals surface area contributed by atoms with Crippen LogP contribution in [-0.4, -0.2) is 30.6 Å². The number of carbonyl (C=O) groups is 1. The van der Waals surface area contributed by atoms with Gasteiger partial charge in [-0.05, 0) is 49.4 Å². The van der Waals surface area contributed by atoms with E-state index in [-0.39, 0.29) is 12.0 Å². The monoisotopic (exact) mass is 357 g/mol. The highest BCUT2D eigenvalue weighted by Gasteiger charge is 2.24. The molecule has 1 amide bonds. The SMILES string of the molecule is O=C(CC1OCCc2ccccc21)Nc1ncc(C2CCNCC2)s1.